The summed E-state index contributed by atoms with van der Waals surface area (Å²) in [6.45, 7) is 8.16. The van der Waals surface area contributed by atoms with Crippen molar-refractivity contribution in [2.75, 3.05) is 6.61 Å². The first-order valence-corrected chi connectivity index (χ1v) is 8.14. The van der Waals surface area contributed by atoms with Gasteiger partial charge in [0.05, 0.1) is 18.2 Å². The average Bonchev–Trinajstić information content (AvgIpc) is 2.92. The van der Waals surface area contributed by atoms with E-state index in [4.69, 9.17) is 14.9 Å². The van der Waals surface area contributed by atoms with Gasteiger partial charge >= 0.3 is 0 Å². The molecule has 0 aliphatic rings. The SMILES string of the molecule is CCCC(C)(N)C(=O)NC(C)c1cc2cccc(OCC)c2o1.Cl. The summed E-state index contributed by atoms with van der Waals surface area (Å²) >= 11 is 0. The molecule has 0 fully saturated rings. The molecule has 0 aliphatic heterocycles. The number of ether oxygens (including phenoxy) is 1. The zero-order valence-corrected chi connectivity index (χ0v) is 15.5. The van der Waals surface area contributed by atoms with Crippen molar-refractivity contribution in [2.45, 2.75) is 52.1 Å². The maximum absolute atomic E-state index is 12.3. The molecule has 0 aliphatic carbocycles. The van der Waals surface area contributed by atoms with Gasteiger partial charge in [-0.3, -0.25) is 4.79 Å². The number of hydrogen-bond donors (Lipinski definition) is 2. The number of rotatable bonds is 7. The van der Waals surface area contributed by atoms with Gasteiger partial charge in [-0.25, -0.2) is 0 Å². The first-order valence-electron chi connectivity index (χ1n) is 8.14. The van der Waals surface area contributed by atoms with Gasteiger partial charge in [-0.2, -0.15) is 0 Å². The highest BCUT2D eigenvalue weighted by Crippen LogP contribution is 2.31. The Morgan fingerprint density at radius 1 is 1.42 bits per heavy atom. The third-order valence-corrected chi connectivity index (χ3v) is 3.89. The third kappa shape index (κ3) is 4.42. The number of nitrogens with one attached hydrogen (secondary N) is 1. The van der Waals surface area contributed by atoms with Gasteiger partial charge in [0, 0.05) is 5.39 Å². The zero-order chi connectivity index (χ0) is 17.0. The van der Waals surface area contributed by atoms with Crippen molar-refractivity contribution >= 4 is 29.3 Å². The maximum Gasteiger partial charge on any atom is 0.240 e. The molecule has 2 unspecified atom stereocenters. The fourth-order valence-corrected chi connectivity index (χ4v) is 2.60. The summed E-state index contributed by atoms with van der Waals surface area (Å²) in [6.07, 6.45) is 1.50. The van der Waals surface area contributed by atoms with E-state index in [1.165, 1.54) is 0 Å². The minimum Gasteiger partial charge on any atom is -0.490 e. The van der Waals surface area contributed by atoms with Gasteiger partial charge in [0.15, 0.2) is 11.3 Å². The monoisotopic (exact) mass is 354 g/mol. The second-order valence-electron chi connectivity index (χ2n) is 6.12. The molecule has 0 saturated carbocycles. The van der Waals surface area contributed by atoms with Crippen LogP contribution in [-0.4, -0.2) is 18.1 Å². The number of fused-ring (bicyclic) bond motifs is 1. The summed E-state index contributed by atoms with van der Waals surface area (Å²) in [5.74, 6) is 1.23. The number of carbonyl (C=O) groups is 1. The smallest absolute Gasteiger partial charge is 0.240 e. The fourth-order valence-electron chi connectivity index (χ4n) is 2.60. The van der Waals surface area contributed by atoms with E-state index in [0.29, 0.717) is 30.1 Å². The highest BCUT2D eigenvalue weighted by atomic mass is 35.5. The number of furan rings is 1. The molecule has 1 aromatic carbocycles. The predicted molar refractivity (Wildman–Crippen MR) is 98.7 cm³/mol. The molecule has 134 valence electrons. The molecule has 0 saturated heterocycles. The quantitative estimate of drug-likeness (QED) is 0.789. The van der Waals surface area contributed by atoms with Gasteiger partial charge in [0.25, 0.3) is 0 Å². The van der Waals surface area contributed by atoms with Crippen LogP contribution >= 0.6 is 12.4 Å². The van der Waals surface area contributed by atoms with Gasteiger partial charge in [-0.1, -0.05) is 25.5 Å². The van der Waals surface area contributed by atoms with Gasteiger partial charge in [-0.15, -0.1) is 12.4 Å². The molecule has 1 aromatic heterocycles. The standard InChI is InChI=1S/C18H26N2O3.ClH/c1-5-10-18(4,19)17(21)20-12(3)15-11-13-8-7-9-14(22-6-2)16(13)23-15;/h7-9,11-12H,5-6,10,19H2,1-4H3,(H,20,21);1H. The zero-order valence-electron chi connectivity index (χ0n) is 14.7. The molecule has 6 heteroatoms. The van der Waals surface area contributed by atoms with Crippen LogP contribution in [0.3, 0.4) is 0 Å². The summed E-state index contributed by atoms with van der Waals surface area (Å²) in [5, 5.41) is 3.89. The van der Waals surface area contributed by atoms with E-state index < -0.39 is 5.54 Å². The van der Waals surface area contributed by atoms with Crippen molar-refractivity contribution in [1.29, 1.82) is 0 Å². The summed E-state index contributed by atoms with van der Waals surface area (Å²) in [5.41, 5.74) is 5.91. The van der Waals surface area contributed by atoms with Gasteiger partial charge in [0.1, 0.15) is 5.76 Å². The third-order valence-electron chi connectivity index (χ3n) is 3.89. The summed E-state index contributed by atoms with van der Waals surface area (Å²) in [4.78, 5) is 12.3. The molecule has 1 amide bonds. The number of nitrogens with two attached hydrogens (primary N) is 1. The lowest BCUT2D eigenvalue weighted by Crippen LogP contribution is -2.51. The molecule has 0 radical (unpaired) electrons. The van der Waals surface area contributed by atoms with Crippen LogP contribution in [0.2, 0.25) is 0 Å². The molecule has 2 atom stereocenters. The van der Waals surface area contributed by atoms with Crippen LogP contribution in [-0.2, 0) is 4.79 Å². The van der Waals surface area contributed by atoms with E-state index >= 15 is 0 Å². The van der Waals surface area contributed by atoms with Crippen LogP contribution in [0.1, 0.15) is 52.3 Å². The Balaban J connectivity index is 0.00000288. The highest BCUT2D eigenvalue weighted by Gasteiger charge is 2.29. The summed E-state index contributed by atoms with van der Waals surface area (Å²) in [7, 11) is 0. The molecule has 2 aromatic rings. The lowest BCUT2D eigenvalue weighted by molar-refractivity contribution is -0.126. The number of amides is 1. The van der Waals surface area contributed by atoms with Crippen LogP contribution in [0, 0.1) is 0 Å². The number of carbonyl (C=O) groups excluding carboxylic acids is 1. The van der Waals surface area contributed by atoms with Crippen LogP contribution in [0.15, 0.2) is 28.7 Å². The second kappa shape index (κ2) is 8.40. The lowest BCUT2D eigenvalue weighted by Gasteiger charge is -2.24. The van der Waals surface area contributed by atoms with Gasteiger partial charge in [0.2, 0.25) is 5.91 Å². The largest absolute Gasteiger partial charge is 0.490 e. The topological polar surface area (TPSA) is 77.5 Å². The molecule has 0 spiro atoms. The van der Waals surface area contributed by atoms with E-state index in [1.807, 2.05) is 45.0 Å². The van der Waals surface area contributed by atoms with E-state index in [1.54, 1.807) is 6.92 Å². The number of halogens is 1. The van der Waals surface area contributed by atoms with Gasteiger partial charge < -0.3 is 20.2 Å². The molecule has 0 bridgehead atoms. The first kappa shape index (κ1) is 20.3. The van der Waals surface area contributed by atoms with E-state index in [-0.39, 0.29) is 24.4 Å². The Morgan fingerprint density at radius 2 is 2.12 bits per heavy atom. The number of benzene rings is 1. The molecule has 1 heterocycles. The Bertz CT molecular complexity index is 682. The van der Waals surface area contributed by atoms with Crippen LogP contribution < -0.4 is 15.8 Å². The van der Waals surface area contributed by atoms with Crippen molar-refractivity contribution < 1.29 is 13.9 Å². The van der Waals surface area contributed by atoms with Gasteiger partial charge in [-0.05, 0) is 39.3 Å². The molecular formula is C18H27ClN2O3. The average molecular weight is 355 g/mol. The van der Waals surface area contributed by atoms with Crippen LogP contribution in [0.5, 0.6) is 5.75 Å². The highest BCUT2D eigenvalue weighted by molar-refractivity contribution is 5.86. The molecule has 24 heavy (non-hydrogen) atoms. The van der Waals surface area contributed by atoms with Crippen molar-refractivity contribution in [1.82, 2.24) is 5.32 Å². The van der Waals surface area contributed by atoms with Crippen LogP contribution in [0.4, 0.5) is 0 Å². The van der Waals surface area contributed by atoms with Crippen molar-refractivity contribution in [3.8, 4) is 5.75 Å². The fraction of sp³-hybridized carbons (Fsp3) is 0.500. The molecule has 2 rings (SSSR count). The van der Waals surface area contributed by atoms with Crippen molar-refractivity contribution in [3.63, 3.8) is 0 Å². The maximum atomic E-state index is 12.3. The van der Waals surface area contributed by atoms with Crippen molar-refractivity contribution in [3.05, 3.63) is 30.0 Å². The van der Waals surface area contributed by atoms with E-state index in [0.717, 1.165) is 11.8 Å². The second-order valence-corrected chi connectivity index (χ2v) is 6.12. The lowest BCUT2D eigenvalue weighted by atomic mass is 9.96. The Morgan fingerprint density at radius 3 is 2.75 bits per heavy atom. The van der Waals surface area contributed by atoms with Crippen LogP contribution in [0.25, 0.3) is 11.0 Å². The minimum atomic E-state index is -0.870. The van der Waals surface area contributed by atoms with E-state index in [9.17, 15) is 4.79 Å². The minimum absolute atomic E-state index is 0. The Kier molecular flexibility index (Phi) is 7.11. The predicted octanol–water partition coefficient (Wildman–Crippen LogP) is 3.95. The molecular weight excluding hydrogens is 328 g/mol. The number of hydrogen-bond acceptors (Lipinski definition) is 4. The normalized spacial score (nSPS) is 14.5. The summed E-state index contributed by atoms with van der Waals surface area (Å²) < 4.78 is 11.5. The number of para-hydroxylation sites is 1. The molecule has 3 N–H and O–H groups in total. The first-order chi connectivity index (χ1) is 10.9. The Labute approximate surface area is 149 Å². The molecule has 5 nitrogen and oxygen atoms in total. The Hall–Kier alpha value is -1.72. The van der Waals surface area contributed by atoms with Crippen molar-refractivity contribution in [2.24, 2.45) is 5.73 Å². The summed E-state index contributed by atoms with van der Waals surface area (Å²) in [6, 6.07) is 7.43. The van der Waals surface area contributed by atoms with E-state index in [2.05, 4.69) is 5.32 Å².